The summed E-state index contributed by atoms with van der Waals surface area (Å²) in [6.45, 7) is 6.77. The maximum Gasteiger partial charge on any atom is 0.195 e. The quantitative estimate of drug-likeness (QED) is 0.521. The molecule has 0 heterocycles. The van der Waals surface area contributed by atoms with E-state index in [1.165, 1.54) is 5.56 Å². The van der Waals surface area contributed by atoms with Crippen LogP contribution in [-0.2, 0) is 9.16 Å². The van der Waals surface area contributed by atoms with Crippen molar-refractivity contribution in [1.29, 1.82) is 0 Å². The Morgan fingerprint density at radius 2 is 1.62 bits per heavy atom. The van der Waals surface area contributed by atoms with Crippen LogP contribution in [0, 0.1) is 0 Å². The second-order valence-corrected chi connectivity index (χ2v) is 10.6. The molecule has 2 rings (SSSR count). The van der Waals surface area contributed by atoms with E-state index in [0.717, 1.165) is 30.3 Å². The van der Waals surface area contributed by atoms with Gasteiger partial charge in [0.1, 0.15) is 5.75 Å². The second-order valence-electron chi connectivity index (χ2n) is 5.89. The highest BCUT2D eigenvalue weighted by atomic mass is 28.4. The van der Waals surface area contributed by atoms with Gasteiger partial charge in [0.2, 0.25) is 0 Å². The Morgan fingerprint density at radius 1 is 1.05 bits per heavy atom. The summed E-state index contributed by atoms with van der Waals surface area (Å²) in [6, 6.07) is 11.7. The molecule has 1 aliphatic rings. The van der Waals surface area contributed by atoms with Crippen molar-refractivity contribution in [2.45, 2.75) is 57.0 Å². The van der Waals surface area contributed by atoms with E-state index in [0.29, 0.717) is 5.92 Å². The number of ether oxygens (including phenoxy) is 2. The molecule has 0 saturated heterocycles. The highest BCUT2D eigenvalue weighted by molar-refractivity contribution is 6.73. The minimum Gasteiger partial charge on any atom is -0.497 e. The zero-order chi connectivity index (χ0) is 15.5. The topological polar surface area (TPSA) is 27.7 Å². The van der Waals surface area contributed by atoms with Crippen LogP contribution in [0.3, 0.4) is 0 Å². The lowest BCUT2D eigenvalue weighted by Gasteiger charge is -2.33. The second kappa shape index (κ2) is 6.51. The van der Waals surface area contributed by atoms with E-state index in [-0.39, 0.29) is 5.79 Å². The highest BCUT2D eigenvalue weighted by Gasteiger charge is 2.60. The number of rotatable bonds is 8. The normalized spacial score (nSPS) is 24.9. The van der Waals surface area contributed by atoms with E-state index in [1.54, 1.807) is 14.2 Å². The van der Waals surface area contributed by atoms with Crippen molar-refractivity contribution in [3.8, 4) is 5.75 Å². The van der Waals surface area contributed by atoms with E-state index in [4.69, 9.17) is 13.9 Å². The highest BCUT2D eigenvalue weighted by Crippen LogP contribution is 2.56. The molecule has 2 atom stereocenters. The monoisotopic (exact) mass is 308 g/mol. The van der Waals surface area contributed by atoms with Crippen molar-refractivity contribution in [3.63, 3.8) is 0 Å². The molecule has 21 heavy (non-hydrogen) atoms. The van der Waals surface area contributed by atoms with Crippen LogP contribution in [0.2, 0.25) is 18.1 Å². The summed E-state index contributed by atoms with van der Waals surface area (Å²) in [5.41, 5.74) is 1.28. The Labute approximate surface area is 129 Å². The van der Waals surface area contributed by atoms with Crippen LogP contribution in [0.5, 0.6) is 5.75 Å². The summed E-state index contributed by atoms with van der Waals surface area (Å²) in [6.07, 6.45) is 0.963. The molecule has 0 spiro atoms. The summed E-state index contributed by atoms with van der Waals surface area (Å²) in [5.74, 6) is 0.857. The molecule has 2 unspecified atom stereocenters. The van der Waals surface area contributed by atoms with Crippen LogP contribution in [0.4, 0.5) is 0 Å². The summed E-state index contributed by atoms with van der Waals surface area (Å²) in [7, 11) is 1.82. The molecule has 4 heteroatoms. The number of hydrogen-bond donors (Lipinski definition) is 0. The Hall–Kier alpha value is -0.843. The van der Waals surface area contributed by atoms with Crippen molar-refractivity contribution >= 4 is 8.32 Å². The Kier molecular flexibility index (Phi) is 5.12. The minimum absolute atomic E-state index is 0.352. The van der Waals surface area contributed by atoms with Gasteiger partial charge < -0.3 is 13.9 Å². The molecule has 0 amide bonds. The van der Waals surface area contributed by atoms with Crippen LogP contribution in [0.15, 0.2) is 24.3 Å². The van der Waals surface area contributed by atoms with E-state index in [9.17, 15) is 0 Å². The van der Waals surface area contributed by atoms with Gasteiger partial charge in [-0.25, -0.2) is 0 Å². The first-order valence-electron chi connectivity index (χ1n) is 7.98. The molecule has 1 aromatic carbocycles. The van der Waals surface area contributed by atoms with E-state index in [1.807, 2.05) is 12.1 Å². The first-order chi connectivity index (χ1) is 10.1. The first-order valence-corrected chi connectivity index (χ1v) is 10.5. The predicted molar refractivity (Wildman–Crippen MR) is 88.4 cm³/mol. The molecule has 0 aromatic heterocycles. The maximum atomic E-state index is 6.64. The lowest BCUT2D eigenvalue weighted by atomic mass is 10.1. The first kappa shape index (κ1) is 16.5. The molecule has 1 saturated carbocycles. The molecule has 118 valence electrons. The lowest BCUT2D eigenvalue weighted by molar-refractivity contribution is -0.0926. The van der Waals surface area contributed by atoms with Crippen molar-refractivity contribution in [1.82, 2.24) is 0 Å². The van der Waals surface area contributed by atoms with Gasteiger partial charge in [-0.3, -0.25) is 0 Å². The Morgan fingerprint density at radius 3 is 2.05 bits per heavy atom. The molecule has 1 fully saturated rings. The molecular formula is C17H28O3Si. The fourth-order valence-corrected chi connectivity index (χ4v) is 6.12. The summed E-state index contributed by atoms with van der Waals surface area (Å²) in [5, 5.41) is 0. The Bertz CT molecular complexity index is 447. The summed E-state index contributed by atoms with van der Waals surface area (Å²) in [4.78, 5) is 0. The summed E-state index contributed by atoms with van der Waals surface area (Å²) < 4.78 is 17.7. The van der Waals surface area contributed by atoms with Crippen LogP contribution in [-0.4, -0.2) is 28.3 Å². The molecule has 1 aliphatic carbocycles. The Balaban J connectivity index is 2.14. The number of benzene rings is 1. The van der Waals surface area contributed by atoms with Gasteiger partial charge in [0.15, 0.2) is 14.1 Å². The van der Waals surface area contributed by atoms with Gasteiger partial charge >= 0.3 is 0 Å². The standard InChI is InChI=1S/C17H28O3Si/c1-6-21(7-2,8-3)20-17(19-5)13-16(17)14-9-11-15(18-4)12-10-14/h9-12,16H,6-8,13H2,1-5H3. The van der Waals surface area contributed by atoms with Gasteiger partial charge in [-0.2, -0.15) is 0 Å². The number of hydrogen-bond acceptors (Lipinski definition) is 3. The van der Waals surface area contributed by atoms with Crippen molar-refractivity contribution in [3.05, 3.63) is 29.8 Å². The average Bonchev–Trinajstić information content (AvgIpc) is 3.27. The van der Waals surface area contributed by atoms with Gasteiger partial charge in [0, 0.05) is 19.4 Å². The zero-order valence-corrected chi connectivity index (χ0v) is 14.9. The average molecular weight is 308 g/mol. The lowest BCUT2D eigenvalue weighted by Crippen LogP contribution is -2.42. The van der Waals surface area contributed by atoms with Gasteiger partial charge in [-0.1, -0.05) is 32.9 Å². The predicted octanol–water partition coefficient (Wildman–Crippen LogP) is 4.55. The molecule has 0 radical (unpaired) electrons. The summed E-state index contributed by atoms with van der Waals surface area (Å²) >= 11 is 0. The van der Waals surface area contributed by atoms with Crippen molar-refractivity contribution in [2.75, 3.05) is 14.2 Å². The fraction of sp³-hybridized carbons (Fsp3) is 0.647. The molecular weight excluding hydrogens is 280 g/mol. The van der Waals surface area contributed by atoms with Crippen LogP contribution >= 0.6 is 0 Å². The molecule has 0 bridgehead atoms. The van der Waals surface area contributed by atoms with E-state index in [2.05, 4.69) is 32.9 Å². The van der Waals surface area contributed by atoms with Gasteiger partial charge in [0.05, 0.1) is 7.11 Å². The smallest absolute Gasteiger partial charge is 0.195 e. The van der Waals surface area contributed by atoms with Crippen LogP contribution < -0.4 is 4.74 Å². The minimum atomic E-state index is -1.65. The molecule has 0 aliphatic heterocycles. The van der Waals surface area contributed by atoms with Gasteiger partial charge in [-0.15, -0.1) is 0 Å². The van der Waals surface area contributed by atoms with E-state index < -0.39 is 8.32 Å². The third-order valence-electron chi connectivity index (χ3n) is 5.05. The van der Waals surface area contributed by atoms with Crippen molar-refractivity contribution in [2.24, 2.45) is 0 Å². The van der Waals surface area contributed by atoms with Crippen LogP contribution in [0.1, 0.15) is 38.7 Å². The van der Waals surface area contributed by atoms with Gasteiger partial charge in [0.25, 0.3) is 0 Å². The maximum absolute atomic E-state index is 6.64. The van der Waals surface area contributed by atoms with Gasteiger partial charge in [-0.05, 0) is 35.8 Å². The fourth-order valence-electron chi connectivity index (χ4n) is 3.15. The SMILES string of the molecule is CC[Si](CC)(CC)OC1(OC)CC1c1ccc(OC)cc1. The molecule has 3 nitrogen and oxygen atoms in total. The largest absolute Gasteiger partial charge is 0.497 e. The zero-order valence-electron chi connectivity index (χ0n) is 13.9. The van der Waals surface area contributed by atoms with Crippen LogP contribution in [0.25, 0.3) is 0 Å². The van der Waals surface area contributed by atoms with Crippen molar-refractivity contribution < 1.29 is 13.9 Å². The van der Waals surface area contributed by atoms with E-state index >= 15 is 0 Å². The third kappa shape index (κ3) is 3.17. The third-order valence-corrected chi connectivity index (χ3v) is 9.69. The number of methoxy groups -OCH3 is 2. The molecule has 0 N–H and O–H groups in total. The molecule has 1 aromatic rings.